The van der Waals surface area contributed by atoms with Gasteiger partial charge in [0.25, 0.3) is 5.91 Å². The van der Waals surface area contributed by atoms with Gasteiger partial charge in [0, 0.05) is 32.1 Å². The summed E-state index contributed by atoms with van der Waals surface area (Å²) in [5, 5.41) is 9.70. The summed E-state index contributed by atoms with van der Waals surface area (Å²) in [4.78, 5) is 17.9. The van der Waals surface area contributed by atoms with Gasteiger partial charge < -0.3 is 10.0 Å². The number of hydrogen-bond donors (Lipinski definition) is 1. The van der Waals surface area contributed by atoms with E-state index in [1.54, 1.807) is 4.90 Å². The zero-order valence-corrected chi connectivity index (χ0v) is 11.3. The van der Waals surface area contributed by atoms with E-state index in [0.29, 0.717) is 18.7 Å². The largest absolute Gasteiger partial charge is 0.396 e. The molecule has 0 aromatic carbocycles. The maximum Gasteiger partial charge on any atom is 0.257 e. The van der Waals surface area contributed by atoms with E-state index >= 15 is 0 Å². The molecule has 4 nitrogen and oxygen atoms in total. The Kier molecular flexibility index (Phi) is 4.43. The molecule has 0 unspecified atom stereocenters. The Labute approximate surface area is 116 Å². The number of halogens is 2. The molecule has 2 heterocycles. The van der Waals surface area contributed by atoms with Crippen LogP contribution in [0.5, 0.6) is 0 Å². The van der Waals surface area contributed by atoms with Crippen molar-refractivity contribution in [3.8, 4) is 0 Å². The minimum Gasteiger partial charge on any atom is -0.396 e. The van der Waals surface area contributed by atoms with E-state index in [1.165, 1.54) is 12.4 Å². The fraction of sp³-hybridized carbons (Fsp3) is 0.500. The molecule has 1 atom stereocenters. The third-order valence-electron chi connectivity index (χ3n) is 3.13. The fourth-order valence-electron chi connectivity index (χ4n) is 2.17. The topological polar surface area (TPSA) is 53.4 Å². The Morgan fingerprint density at radius 3 is 2.72 bits per heavy atom. The molecule has 0 saturated carbocycles. The van der Waals surface area contributed by atoms with Crippen molar-refractivity contribution in [2.45, 2.75) is 12.8 Å². The van der Waals surface area contributed by atoms with Crippen LogP contribution in [-0.4, -0.2) is 40.6 Å². The number of amides is 1. The highest BCUT2D eigenvalue weighted by Gasteiger charge is 2.26. The summed E-state index contributed by atoms with van der Waals surface area (Å²) in [6, 6.07) is 0. The number of rotatable bonds is 2. The van der Waals surface area contributed by atoms with Gasteiger partial charge in [0.05, 0.1) is 15.6 Å². The van der Waals surface area contributed by atoms with Gasteiger partial charge >= 0.3 is 0 Å². The SMILES string of the molecule is O=C(c1c(Cl)cncc1Cl)N1CCC[C@H](CO)C1. The van der Waals surface area contributed by atoms with E-state index in [1.807, 2.05) is 0 Å². The van der Waals surface area contributed by atoms with Crippen molar-refractivity contribution < 1.29 is 9.90 Å². The maximum absolute atomic E-state index is 12.4. The molecule has 0 aliphatic carbocycles. The number of carbonyl (C=O) groups excluding carboxylic acids is 1. The maximum atomic E-state index is 12.4. The number of nitrogens with zero attached hydrogens (tertiary/aromatic N) is 2. The first-order valence-electron chi connectivity index (χ1n) is 5.82. The molecule has 1 aromatic heterocycles. The normalized spacial score (nSPS) is 19.9. The first-order chi connectivity index (χ1) is 8.63. The lowest BCUT2D eigenvalue weighted by molar-refractivity contribution is 0.0621. The Bertz CT molecular complexity index is 433. The monoisotopic (exact) mass is 288 g/mol. The molecule has 1 fully saturated rings. The van der Waals surface area contributed by atoms with Crippen LogP contribution in [0.3, 0.4) is 0 Å². The van der Waals surface area contributed by atoms with Crippen LogP contribution in [0.15, 0.2) is 12.4 Å². The highest BCUT2D eigenvalue weighted by molar-refractivity contribution is 6.39. The number of piperidine rings is 1. The Hall–Kier alpha value is -0.840. The molecule has 1 aliphatic rings. The zero-order chi connectivity index (χ0) is 13.1. The summed E-state index contributed by atoms with van der Waals surface area (Å²) >= 11 is 11.9. The summed E-state index contributed by atoms with van der Waals surface area (Å²) in [7, 11) is 0. The second kappa shape index (κ2) is 5.87. The van der Waals surface area contributed by atoms with Gasteiger partial charge in [0.15, 0.2) is 0 Å². The summed E-state index contributed by atoms with van der Waals surface area (Å²) in [6.45, 7) is 1.32. The van der Waals surface area contributed by atoms with Gasteiger partial charge in [-0.1, -0.05) is 23.2 Å². The number of aromatic nitrogens is 1. The van der Waals surface area contributed by atoms with E-state index in [4.69, 9.17) is 23.2 Å². The van der Waals surface area contributed by atoms with Crippen LogP contribution in [0.1, 0.15) is 23.2 Å². The van der Waals surface area contributed by atoms with Crippen LogP contribution in [0.2, 0.25) is 10.0 Å². The standard InChI is InChI=1S/C12H14Cl2N2O2/c13-9-4-15-5-10(14)11(9)12(18)16-3-1-2-8(6-16)7-17/h4-5,8,17H,1-3,6-7H2/t8-/m0/s1. The predicted molar refractivity (Wildman–Crippen MR) is 70.0 cm³/mol. The van der Waals surface area contributed by atoms with E-state index in [-0.39, 0.29) is 28.5 Å². The molecule has 1 saturated heterocycles. The molecular weight excluding hydrogens is 275 g/mol. The molecule has 98 valence electrons. The zero-order valence-electron chi connectivity index (χ0n) is 9.77. The fourth-order valence-corrected chi connectivity index (χ4v) is 2.70. The number of aliphatic hydroxyl groups excluding tert-OH is 1. The van der Waals surface area contributed by atoms with Crippen LogP contribution < -0.4 is 0 Å². The second-order valence-corrected chi connectivity index (χ2v) is 5.23. The average molecular weight is 289 g/mol. The minimum atomic E-state index is -0.189. The summed E-state index contributed by atoms with van der Waals surface area (Å²) in [5.74, 6) is -0.0485. The lowest BCUT2D eigenvalue weighted by atomic mass is 9.98. The van der Waals surface area contributed by atoms with Gasteiger partial charge in [-0.05, 0) is 18.8 Å². The van der Waals surface area contributed by atoms with Crippen LogP contribution >= 0.6 is 23.2 Å². The van der Waals surface area contributed by atoms with Crippen molar-refractivity contribution in [2.24, 2.45) is 5.92 Å². The van der Waals surface area contributed by atoms with Crippen LogP contribution in [0.25, 0.3) is 0 Å². The van der Waals surface area contributed by atoms with Gasteiger partial charge in [-0.3, -0.25) is 9.78 Å². The first-order valence-corrected chi connectivity index (χ1v) is 6.58. The van der Waals surface area contributed by atoms with Crippen LogP contribution in [0, 0.1) is 5.92 Å². The van der Waals surface area contributed by atoms with E-state index < -0.39 is 0 Å². The third-order valence-corrected chi connectivity index (χ3v) is 3.70. The number of carbonyl (C=O) groups is 1. The highest BCUT2D eigenvalue weighted by atomic mass is 35.5. The van der Waals surface area contributed by atoms with Gasteiger partial charge in [0.2, 0.25) is 0 Å². The predicted octanol–water partition coefficient (Wildman–Crippen LogP) is 2.23. The number of aliphatic hydroxyl groups is 1. The van der Waals surface area contributed by atoms with Crippen LogP contribution in [-0.2, 0) is 0 Å². The Morgan fingerprint density at radius 2 is 2.11 bits per heavy atom. The van der Waals surface area contributed by atoms with Crippen LogP contribution in [0.4, 0.5) is 0 Å². The minimum absolute atomic E-state index is 0.0988. The summed E-state index contributed by atoms with van der Waals surface area (Å²) in [6.07, 6.45) is 4.65. The molecule has 6 heteroatoms. The molecule has 18 heavy (non-hydrogen) atoms. The molecular formula is C12H14Cl2N2O2. The van der Waals surface area contributed by atoms with Crippen molar-refractivity contribution in [1.82, 2.24) is 9.88 Å². The molecule has 0 spiro atoms. The second-order valence-electron chi connectivity index (χ2n) is 4.42. The van der Waals surface area contributed by atoms with Gasteiger partial charge in [-0.25, -0.2) is 0 Å². The summed E-state index contributed by atoms with van der Waals surface area (Å²) in [5.41, 5.74) is 0.298. The third kappa shape index (κ3) is 2.76. The number of likely N-dealkylation sites (tertiary alicyclic amines) is 1. The molecule has 0 bridgehead atoms. The van der Waals surface area contributed by atoms with Gasteiger partial charge in [-0.15, -0.1) is 0 Å². The molecule has 0 radical (unpaired) electrons. The van der Waals surface area contributed by atoms with Crippen molar-refractivity contribution in [3.05, 3.63) is 28.0 Å². The van der Waals surface area contributed by atoms with Gasteiger partial charge in [-0.2, -0.15) is 0 Å². The molecule has 1 aliphatic heterocycles. The molecule has 1 amide bonds. The lowest BCUT2D eigenvalue weighted by Crippen LogP contribution is -2.41. The quantitative estimate of drug-likeness (QED) is 0.908. The molecule has 2 rings (SSSR count). The molecule has 1 aromatic rings. The smallest absolute Gasteiger partial charge is 0.257 e. The number of hydrogen-bond acceptors (Lipinski definition) is 3. The van der Waals surface area contributed by atoms with Crippen molar-refractivity contribution in [1.29, 1.82) is 0 Å². The van der Waals surface area contributed by atoms with E-state index in [0.717, 1.165) is 12.8 Å². The first kappa shape index (κ1) is 13.6. The van der Waals surface area contributed by atoms with Crippen molar-refractivity contribution in [3.63, 3.8) is 0 Å². The highest BCUT2D eigenvalue weighted by Crippen LogP contribution is 2.26. The van der Waals surface area contributed by atoms with Crippen molar-refractivity contribution >= 4 is 29.1 Å². The van der Waals surface area contributed by atoms with E-state index in [2.05, 4.69) is 4.98 Å². The number of pyridine rings is 1. The Morgan fingerprint density at radius 1 is 1.44 bits per heavy atom. The van der Waals surface area contributed by atoms with Gasteiger partial charge in [0.1, 0.15) is 0 Å². The average Bonchev–Trinajstić information content (AvgIpc) is 2.38. The lowest BCUT2D eigenvalue weighted by Gasteiger charge is -2.32. The Balaban J connectivity index is 2.20. The van der Waals surface area contributed by atoms with E-state index in [9.17, 15) is 9.90 Å². The summed E-state index contributed by atoms with van der Waals surface area (Å²) < 4.78 is 0. The molecule has 1 N–H and O–H groups in total. The van der Waals surface area contributed by atoms with Crippen molar-refractivity contribution in [2.75, 3.05) is 19.7 Å².